The lowest BCUT2D eigenvalue weighted by molar-refractivity contribution is 0.739. The Bertz CT molecular complexity index is 350. The van der Waals surface area contributed by atoms with Crippen molar-refractivity contribution >= 4 is 5.57 Å². The number of hydrogen-bond donors (Lipinski definition) is 1. The van der Waals surface area contributed by atoms with Crippen molar-refractivity contribution in [1.82, 2.24) is 5.32 Å². The quantitative estimate of drug-likeness (QED) is 0.722. The van der Waals surface area contributed by atoms with Gasteiger partial charge in [-0.25, -0.2) is 0 Å². The van der Waals surface area contributed by atoms with Gasteiger partial charge < -0.3 is 5.32 Å². The third-order valence-corrected chi connectivity index (χ3v) is 2.95. The normalized spacial score (nSPS) is 21.7. The summed E-state index contributed by atoms with van der Waals surface area (Å²) < 4.78 is 0. The van der Waals surface area contributed by atoms with Crippen molar-refractivity contribution in [2.75, 3.05) is 6.54 Å². The van der Waals surface area contributed by atoms with Crippen LogP contribution >= 0.6 is 0 Å². The summed E-state index contributed by atoms with van der Waals surface area (Å²) in [5, 5.41) is 3.37. The molecular formula is C13H17N. The van der Waals surface area contributed by atoms with E-state index in [1.54, 1.807) is 0 Å². The van der Waals surface area contributed by atoms with Gasteiger partial charge in [0, 0.05) is 12.6 Å². The van der Waals surface area contributed by atoms with Crippen molar-refractivity contribution in [3.63, 3.8) is 0 Å². The van der Waals surface area contributed by atoms with E-state index in [-0.39, 0.29) is 0 Å². The van der Waals surface area contributed by atoms with E-state index in [1.807, 2.05) is 0 Å². The van der Waals surface area contributed by atoms with E-state index in [1.165, 1.54) is 11.1 Å². The molecule has 0 amide bonds. The van der Waals surface area contributed by atoms with Crippen molar-refractivity contribution in [2.24, 2.45) is 0 Å². The van der Waals surface area contributed by atoms with E-state index >= 15 is 0 Å². The molecule has 0 radical (unpaired) electrons. The van der Waals surface area contributed by atoms with Crippen LogP contribution in [0.2, 0.25) is 0 Å². The van der Waals surface area contributed by atoms with Crippen molar-refractivity contribution in [3.05, 3.63) is 42.0 Å². The van der Waals surface area contributed by atoms with Crippen LogP contribution in [-0.4, -0.2) is 12.6 Å². The Morgan fingerprint density at radius 1 is 1.50 bits per heavy atom. The van der Waals surface area contributed by atoms with Crippen LogP contribution in [0.25, 0.3) is 5.57 Å². The van der Waals surface area contributed by atoms with Crippen molar-refractivity contribution in [3.8, 4) is 0 Å². The molecular weight excluding hydrogens is 170 g/mol. The predicted molar refractivity (Wildman–Crippen MR) is 61.4 cm³/mol. The lowest BCUT2D eigenvalue weighted by atomic mass is 9.90. The molecule has 0 aromatic heterocycles. The average molecular weight is 187 g/mol. The summed E-state index contributed by atoms with van der Waals surface area (Å²) in [6, 6.07) is 9.25. The molecule has 1 aromatic rings. The Morgan fingerprint density at radius 2 is 2.14 bits per heavy atom. The Hall–Kier alpha value is -1.08. The van der Waals surface area contributed by atoms with E-state index in [4.69, 9.17) is 0 Å². The third kappa shape index (κ3) is 1.73. The highest BCUT2D eigenvalue weighted by Gasteiger charge is 2.29. The van der Waals surface area contributed by atoms with E-state index < -0.39 is 0 Å². The molecule has 0 aliphatic carbocycles. The molecule has 0 spiro atoms. The summed E-state index contributed by atoms with van der Waals surface area (Å²) in [5.74, 6) is 0.600. The van der Waals surface area contributed by atoms with Crippen LogP contribution < -0.4 is 5.32 Å². The largest absolute Gasteiger partial charge is 0.311 e. The zero-order chi connectivity index (χ0) is 10.1. The van der Waals surface area contributed by atoms with Gasteiger partial charge in [-0.05, 0) is 24.0 Å². The van der Waals surface area contributed by atoms with Gasteiger partial charge in [0.1, 0.15) is 0 Å². The monoisotopic (exact) mass is 187 g/mol. The molecule has 1 N–H and O–H groups in total. The zero-order valence-corrected chi connectivity index (χ0v) is 8.88. The maximum Gasteiger partial charge on any atom is 0.0259 e. The number of hydrogen-bond acceptors (Lipinski definition) is 1. The Kier molecular flexibility index (Phi) is 2.42. The summed E-state index contributed by atoms with van der Waals surface area (Å²) >= 11 is 0. The number of allylic oxidation sites excluding steroid dienone is 1. The molecule has 2 rings (SSSR count). The van der Waals surface area contributed by atoms with Gasteiger partial charge in [0.15, 0.2) is 0 Å². The summed E-state index contributed by atoms with van der Waals surface area (Å²) in [5.41, 5.74) is 3.90. The molecule has 74 valence electrons. The Morgan fingerprint density at radius 3 is 2.71 bits per heavy atom. The smallest absolute Gasteiger partial charge is 0.0259 e. The van der Waals surface area contributed by atoms with Gasteiger partial charge in [-0.2, -0.15) is 0 Å². The second-order valence-corrected chi connectivity index (χ2v) is 4.17. The maximum absolute atomic E-state index is 4.03. The molecule has 2 atom stereocenters. The summed E-state index contributed by atoms with van der Waals surface area (Å²) in [6.45, 7) is 9.55. The number of nitrogens with one attached hydrogen (secondary N) is 1. The molecule has 0 saturated carbocycles. The highest BCUT2D eigenvalue weighted by Crippen LogP contribution is 2.29. The van der Waals surface area contributed by atoms with Crippen molar-refractivity contribution in [1.29, 1.82) is 0 Å². The van der Waals surface area contributed by atoms with Crippen molar-refractivity contribution in [2.45, 2.75) is 25.8 Å². The molecule has 14 heavy (non-hydrogen) atoms. The molecule has 1 heteroatoms. The average Bonchev–Trinajstić information content (AvgIpc) is 3.00. The first-order valence-electron chi connectivity index (χ1n) is 5.18. The van der Waals surface area contributed by atoms with Crippen LogP contribution in [0, 0.1) is 0 Å². The van der Waals surface area contributed by atoms with Crippen LogP contribution in [0.15, 0.2) is 30.8 Å². The van der Waals surface area contributed by atoms with Gasteiger partial charge in [0.25, 0.3) is 0 Å². The van der Waals surface area contributed by atoms with Crippen LogP contribution in [0.3, 0.4) is 0 Å². The molecule has 1 fully saturated rings. The lowest BCUT2D eigenvalue weighted by Crippen LogP contribution is -2.06. The molecule has 1 aliphatic rings. The van der Waals surface area contributed by atoms with Gasteiger partial charge >= 0.3 is 0 Å². The molecule has 1 saturated heterocycles. The highest BCUT2D eigenvalue weighted by atomic mass is 15.1. The second kappa shape index (κ2) is 3.58. The molecule has 2 unspecified atom stereocenters. The number of benzene rings is 1. The Labute approximate surface area is 85.8 Å². The minimum atomic E-state index is 0.600. The van der Waals surface area contributed by atoms with E-state index in [0.29, 0.717) is 12.0 Å². The predicted octanol–water partition coefficient (Wildman–Crippen LogP) is 2.80. The molecule has 1 aromatic carbocycles. The first-order chi connectivity index (χ1) is 6.70. The highest BCUT2D eigenvalue weighted by molar-refractivity contribution is 5.65. The SMILES string of the molecule is C=C(C)c1ccccc1C(C)C1CN1. The first-order valence-corrected chi connectivity index (χ1v) is 5.18. The van der Waals surface area contributed by atoms with Gasteiger partial charge in [0.05, 0.1) is 0 Å². The van der Waals surface area contributed by atoms with Crippen molar-refractivity contribution < 1.29 is 0 Å². The van der Waals surface area contributed by atoms with E-state index in [9.17, 15) is 0 Å². The first kappa shape index (κ1) is 9.47. The van der Waals surface area contributed by atoms with Crippen LogP contribution in [0.1, 0.15) is 30.9 Å². The maximum atomic E-state index is 4.03. The van der Waals surface area contributed by atoms with E-state index in [0.717, 1.165) is 12.1 Å². The fraction of sp³-hybridized carbons (Fsp3) is 0.385. The minimum absolute atomic E-state index is 0.600. The fourth-order valence-corrected chi connectivity index (χ4v) is 1.92. The number of rotatable bonds is 3. The summed E-state index contributed by atoms with van der Waals surface area (Å²) in [6.07, 6.45) is 0. The van der Waals surface area contributed by atoms with Gasteiger partial charge in [-0.1, -0.05) is 43.3 Å². The topological polar surface area (TPSA) is 21.9 Å². The van der Waals surface area contributed by atoms with Crippen LogP contribution in [0.5, 0.6) is 0 Å². The third-order valence-electron chi connectivity index (χ3n) is 2.95. The summed E-state index contributed by atoms with van der Waals surface area (Å²) in [7, 11) is 0. The standard InChI is InChI=1S/C13H17N/c1-9(2)11-6-4-5-7-12(11)10(3)13-8-14-13/h4-7,10,13-14H,1,8H2,2-3H3. The molecule has 1 nitrogen and oxygen atoms in total. The Balaban J connectivity index is 2.34. The molecule has 1 heterocycles. The minimum Gasteiger partial charge on any atom is -0.311 e. The second-order valence-electron chi connectivity index (χ2n) is 4.17. The van der Waals surface area contributed by atoms with Crippen LogP contribution in [0.4, 0.5) is 0 Å². The van der Waals surface area contributed by atoms with Gasteiger partial charge in [0.2, 0.25) is 0 Å². The molecule has 0 bridgehead atoms. The lowest BCUT2D eigenvalue weighted by Gasteiger charge is -2.15. The van der Waals surface area contributed by atoms with Gasteiger partial charge in [-0.3, -0.25) is 0 Å². The molecule has 1 aliphatic heterocycles. The fourth-order valence-electron chi connectivity index (χ4n) is 1.92. The van der Waals surface area contributed by atoms with Crippen LogP contribution in [-0.2, 0) is 0 Å². The van der Waals surface area contributed by atoms with Gasteiger partial charge in [-0.15, -0.1) is 0 Å². The van der Waals surface area contributed by atoms with E-state index in [2.05, 4.69) is 50.0 Å². The zero-order valence-electron chi connectivity index (χ0n) is 8.88. The summed E-state index contributed by atoms with van der Waals surface area (Å²) in [4.78, 5) is 0.